The van der Waals surface area contributed by atoms with Crippen LogP contribution in [0.4, 0.5) is 0 Å². The molecule has 176 valence electrons. The number of benzene rings is 4. The molecule has 0 atom stereocenters. The van der Waals surface area contributed by atoms with Crippen LogP contribution in [0.5, 0.6) is 0 Å². The van der Waals surface area contributed by atoms with Crippen molar-refractivity contribution in [1.82, 2.24) is 4.98 Å². The minimum absolute atomic E-state index is 0.0704. The molecule has 5 aromatic rings. The molecule has 0 N–H and O–H groups in total. The van der Waals surface area contributed by atoms with Gasteiger partial charge in [-0.15, -0.1) is 0 Å². The van der Waals surface area contributed by atoms with E-state index in [2.05, 4.69) is 137 Å². The molecule has 0 bridgehead atoms. The molecule has 0 unspecified atom stereocenters. The van der Waals surface area contributed by atoms with Crippen molar-refractivity contribution < 1.29 is 0 Å². The van der Waals surface area contributed by atoms with Crippen LogP contribution >= 0.6 is 0 Å². The lowest BCUT2D eigenvalue weighted by atomic mass is 9.55. The highest BCUT2D eigenvalue weighted by Gasteiger charge is 2.47. The first-order valence-electron chi connectivity index (χ1n) is 12.7. The van der Waals surface area contributed by atoms with Gasteiger partial charge in [0.15, 0.2) is 0 Å². The maximum atomic E-state index is 4.89. The lowest BCUT2D eigenvalue weighted by Crippen LogP contribution is -2.44. The number of rotatable bonds is 3. The molecule has 0 fully saturated rings. The van der Waals surface area contributed by atoms with Crippen molar-refractivity contribution in [3.63, 3.8) is 0 Å². The number of aromatic nitrogens is 1. The van der Waals surface area contributed by atoms with Gasteiger partial charge < -0.3 is 0 Å². The highest BCUT2D eigenvalue weighted by Crippen LogP contribution is 2.55. The fourth-order valence-electron chi connectivity index (χ4n) is 5.81. The van der Waals surface area contributed by atoms with E-state index in [1.165, 1.54) is 50.1 Å². The number of nitrogens with zero attached hydrogens (tertiary/aromatic N) is 1. The average molecular weight is 466 g/mol. The SMILES string of the molecule is CC1(C)c2cccnc2-c2cccc(-c3cc(-c4ccccc4)cc(-c4ccccc4)c3)c2C1(C)C. The summed E-state index contributed by atoms with van der Waals surface area (Å²) in [5.41, 5.74) is 12.4. The largest absolute Gasteiger partial charge is 0.256 e. The molecule has 6 rings (SSSR count). The van der Waals surface area contributed by atoms with Crippen molar-refractivity contribution in [3.05, 3.63) is 127 Å². The van der Waals surface area contributed by atoms with E-state index in [4.69, 9.17) is 4.98 Å². The molecule has 1 aliphatic carbocycles. The quantitative estimate of drug-likeness (QED) is 0.259. The first-order chi connectivity index (χ1) is 17.4. The predicted octanol–water partition coefficient (Wildman–Crippen LogP) is 9.32. The molecule has 0 radical (unpaired) electrons. The van der Waals surface area contributed by atoms with Crippen LogP contribution in [0.15, 0.2) is 115 Å². The fraction of sp³-hybridized carbons (Fsp3) is 0.171. The van der Waals surface area contributed by atoms with Gasteiger partial charge in [-0.2, -0.15) is 0 Å². The van der Waals surface area contributed by atoms with Crippen LogP contribution in [0.3, 0.4) is 0 Å². The van der Waals surface area contributed by atoms with Crippen molar-refractivity contribution >= 4 is 0 Å². The smallest absolute Gasteiger partial charge is 0.0742 e. The molecule has 1 aromatic heterocycles. The summed E-state index contributed by atoms with van der Waals surface area (Å²) in [6.07, 6.45) is 1.92. The molecule has 0 saturated heterocycles. The van der Waals surface area contributed by atoms with E-state index in [0.717, 1.165) is 5.69 Å². The van der Waals surface area contributed by atoms with Gasteiger partial charge in [0, 0.05) is 22.6 Å². The number of fused-ring (bicyclic) bond motifs is 3. The second kappa shape index (κ2) is 8.31. The Balaban J connectivity index is 1.66. The van der Waals surface area contributed by atoms with Crippen molar-refractivity contribution in [3.8, 4) is 44.6 Å². The molecular formula is C35H31N. The van der Waals surface area contributed by atoms with Crippen LogP contribution in [0.1, 0.15) is 38.8 Å². The summed E-state index contributed by atoms with van der Waals surface area (Å²) < 4.78 is 0. The Bertz CT molecular complexity index is 1500. The summed E-state index contributed by atoms with van der Waals surface area (Å²) in [7, 11) is 0. The van der Waals surface area contributed by atoms with Gasteiger partial charge in [-0.3, -0.25) is 4.98 Å². The number of hydrogen-bond acceptors (Lipinski definition) is 1. The van der Waals surface area contributed by atoms with Crippen LogP contribution in [0.25, 0.3) is 44.6 Å². The first-order valence-corrected chi connectivity index (χ1v) is 12.7. The highest BCUT2D eigenvalue weighted by atomic mass is 14.7. The van der Waals surface area contributed by atoms with Crippen LogP contribution in [-0.4, -0.2) is 4.98 Å². The maximum Gasteiger partial charge on any atom is 0.0742 e. The van der Waals surface area contributed by atoms with E-state index >= 15 is 0 Å². The molecule has 1 aliphatic rings. The Kier molecular flexibility index (Phi) is 5.19. The molecule has 36 heavy (non-hydrogen) atoms. The van der Waals surface area contributed by atoms with E-state index in [1.807, 2.05) is 6.20 Å². The third-order valence-corrected chi connectivity index (χ3v) is 8.45. The standard InChI is InChI=1S/C35H31N/c1-34(2)31-19-12-20-36-33(31)30-18-11-17-29(32(30)35(34,3)4)28-22-26(24-13-7-5-8-14-24)21-27(23-28)25-15-9-6-10-16-25/h5-23H,1-4H3. The summed E-state index contributed by atoms with van der Waals surface area (Å²) in [5.74, 6) is 0. The van der Waals surface area contributed by atoms with E-state index in [-0.39, 0.29) is 10.8 Å². The molecular weight excluding hydrogens is 434 g/mol. The Morgan fingerprint density at radius 1 is 0.472 bits per heavy atom. The number of pyridine rings is 1. The predicted molar refractivity (Wildman–Crippen MR) is 152 cm³/mol. The Morgan fingerprint density at radius 3 is 1.64 bits per heavy atom. The third kappa shape index (κ3) is 3.42. The highest BCUT2D eigenvalue weighted by molar-refractivity contribution is 5.87. The summed E-state index contributed by atoms with van der Waals surface area (Å²) in [5, 5.41) is 0. The lowest BCUT2D eigenvalue weighted by molar-refractivity contribution is 0.299. The molecule has 0 amide bonds. The zero-order valence-corrected chi connectivity index (χ0v) is 21.4. The van der Waals surface area contributed by atoms with E-state index in [0.29, 0.717) is 0 Å². The van der Waals surface area contributed by atoms with E-state index < -0.39 is 0 Å². The van der Waals surface area contributed by atoms with Crippen molar-refractivity contribution in [2.24, 2.45) is 0 Å². The minimum atomic E-state index is -0.0926. The van der Waals surface area contributed by atoms with Gasteiger partial charge in [0.1, 0.15) is 0 Å². The Hall–Kier alpha value is -3.97. The molecule has 4 aromatic carbocycles. The van der Waals surface area contributed by atoms with Gasteiger partial charge in [0.2, 0.25) is 0 Å². The lowest BCUT2D eigenvalue weighted by Gasteiger charge is -2.48. The van der Waals surface area contributed by atoms with E-state index in [9.17, 15) is 0 Å². The molecule has 0 saturated carbocycles. The zero-order valence-electron chi connectivity index (χ0n) is 21.4. The van der Waals surface area contributed by atoms with Gasteiger partial charge in [0.25, 0.3) is 0 Å². The summed E-state index contributed by atoms with van der Waals surface area (Å²) >= 11 is 0. The molecule has 0 aliphatic heterocycles. The van der Waals surface area contributed by atoms with Crippen LogP contribution in [-0.2, 0) is 10.8 Å². The summed E-state index contributed by atoms with van der Waals surface area (Å²) in [6, 6.07) is 39.5. The summed E-state index contributed by atoms with van der Waals surface area (Å²) in [4.78, 5) is 4.89. The molecule has 1 nitrogen and oxygen atoms in total. The first kappa shape index (κ1) is 22.5. The average Bonchev–Trinajstić information content (AvgIpc) is 2.92. The Morgan fingerprint density at radius 2 is 1.03 bits per heavy atom. The molecule has 0 spiro atoms. The molecule has 1 heterocycles. The zero-order chi connectivity index (χ0) is 24.9. The monoisotopic (exact) mass is 465 g/mol. The fourth-order valence-corrected chi connectivity index (χ4v) is 5.81. The second-order valence-corrected chi connectivity index (χ2v) is 10.9. The van der Waals surface area contributed by atoms with Crippen LogP contribution in [0.2, 0.25) is 0 Å². The topological polar surface area (TPSA) is 12.9 Å². The van der Waals surface area contributed by atoms with Gasteiger partial charge in [-0.1, -0.05) is 113 Å². The van der Waals surface area contributed by atoms with Crippen molar-refractivity contribution in [2.45, 2.75) is 38.5 Å². The van der Waals surface area contributed by atoms with Gasteiger partial charge in [-0.25, -0.2) is 0 Å². The van der Waals surface area contributed by atoms with Crippen molar-refractivity contribution in [2.75, 3.05) is 0 Å². The molecule has 1 heteroatoms. The van der Waals surface area contributed by atoms with Crippen LogP contribution in [0, 0.1) is 0 Å². The normalized spacial score (nSPS) is 15.1. The number of hydrogen-bond donors (Lipinski definition) is 0. The minimum Gasteiger partial charge on any atom is -0.256 e. The maximum absolute atomic E-state index is 4.89. The second-order valence-electron chi connectivity index (χ2n) is 10.9. The van der Waals surface area contributed by atoms with Crippen molar-refractivity contribution in [1.29, 1.82) is 0 Å². The van der Waals surface area contributed by atoms with Gasteiger partial charge in [0.05, 0.1) is 5.69 Å². The van der Waals surface area contributed by atoms with Crippen LogP contribution < -0.4 is 0 Å². The summed E-state index contributed by atoms with van der Waals surface area (Å²) in [6.45, 7) is 9.51. The van der Waals surface area contributed by atoms with E-state index in [1.54, 1.807) is 0 Å². The Labute approximate surface area is 214 Å². The van der Waals surface area contributed by atoms with Gasteiger partial charge in [-0.05, 0) is 68.8 Å². The van der Waals surface area contributed by atoms with Gasteiger partial charge >= 0.3 is 0 Å². The third-order valence-electron chi connectivity index (χ3n) is 8.45.